The van der Waals surface area contributed by atoms with E-state index in [0.29, 0.717) is 0 Å². The molecule has 0 aliphatic heterocycles. The zero-order valence-corrected chi connectivity index (χ0v) is 8.96. The van der Waals surface area contributed by atoms with Crippen molar-refractivity contribution in [2.24, 2.45) is 0 Å². The van der Waals surface area contributed by atoms with Crippen molar-refractivity contribution in [3.63, 3.8) is 0 Å². The molecule has 0 amide bonds. The number of ether oxygens (including phenoxy) is 1. The first-order valence-electron chi connectivity index (χ1n) is 4.19. The molecular weight excluding hydrogens is 244 g/mol. The number of nitrogens with zero attached hydrogens (tertiary/aromatic N) is 1. The molecule has 1 aromatic heterocycles. The Kier molecular flexibility index (Phi) is 4.00. The summed E-state index contributed by atoms with van der Waals surface area (Å²) in [6.45, 7) is 0. The summed E-state index contributed by atoms with van der Waals surface area (Å²) in [5.41, 5.74) is -0.739. The fourth-order valence-electron chi connectivity index (χ4n) is 1.16. The summed E-state index contributed by atoms with van der Waals surface area (Å²) in [4.78, 5) is 13.9. The number of carboxylic acid groups (broad SMARTS) is 1. The predicted octanol–water partition coefficient (Wildman–Crippen LogP) is 2.31. The lowest BCUT2D eigenvalue weighted by Crippen LogP contribution is -2.07. The summed E-state index contributed by atoms with van der Waals surface area (Å²) < 4.78 is 29.8. The van der Waals surface area contributed by atoms with E-state index in [-0.39, 0.29) is 16.5 Å². The summed E-state index contributed by atoms with van der Waals surface area (Å²) in [5.74, 6) is -1.38. The molecule has 1 N–H and O–H groups in total. The van der Waals surface area contributed by atoms with E-state index in [1.54, 1.807) is 0 Å². The third-order valence-electron chi connectivity index (χ3n) is 1.80. The summed E-state index contributed by atoms with van der Waals surface area (Å²) in [5, 5.41) is 8.55. The van der Waals surface area contributed by atoms with E-state index in [0.717, 1.165) is 6.07 Å². The molecule has 0 atom stereocenters. The minimum Gasteiger partial charge on any atom is -0.481 e. The van der Waals surface area contributed by atoms with Gasteiger partial charge in [0.05, 0.1) is 13.5 Å². The Balaban J connectivity index is 3.24. The van der Waals surface area contributed by atoms with Gasteiger partial charge in [0.1, 0.15) is 10.7 Å². The van der Waals surface area contributed by atoms with Crippen LogP contribution in [0.15, 0.2) is 6.07 Å². The van der Waals surface area contributed by atoms with Crippen molar-refractivity contribution in [2.75, 3.05) is 7.11 Å². The molecule has 0 aliphatic carbocycles. The Morgan fingerprint density at radius 2 is 2.31 bits per heavy atom. The van der Waals surface area contributed by atoms with E-state index in [1.807, 2.05) is 0 Å². The number of pyridine rings is 1. The number of aromatic nitrogens is 1. The van der Waals surface area contributed by atoms with Crippen molar-refractivity contribution in [1.82, 2.24) is 4.98 Å². The molecule has 0 spiro atoms. The number of alkyl halides is 2. The molecule has 0 fully saturated rings. The molecule has 1 rings (SSSR count). The molecule has 16 heavy (non-hydrogen) atoms. The average Bonchev–Trinajstić information content (AvgIpc) is 2.16. The van der Waals surface area contributed by atoms with Crippen molar-refractivity contribution >= 4 is 17.6 Å². The maximum absolute atomic E-state index is 12.6. The van der Waals surface area contributed by atoms with Gasteiger partial charge in [0.15, 0.2) is 0 Å². The van der Waals surface area contributed by atoms with Gasteiger partial charge in [0.25, 0.3) is 6.43 Å². The normalized spacial score (nSPS) is 10.6. The first-order chi connectivity index (χ1) is 7.45. The second kappa shape index (κ2) is 5.07. The number of carboxylic acids is 1. The second-order valence-electron chi connectivity index (χ2n) is 2.90. The molecule has 4 nitrogen and oxygen atoms in total. The van der Waals surface area contributed by atoms with E-state index in [1.165, 1.54) is 7.11 Å². The lowest BCUT2D eigenvalue weighted by molar-refractivity contribution is -0.136. The summed E-state index contributed by atoms with van der Waals surface area (Å²) in [6.07, 6.45) is -3.43. The molecule has 0 bridgehead atoms. The lowest BCUT2D eigenvalue weighted by atomic mass is 10.1. The van der Waals surface area contributed by atoms with Gasteiger partial charge in [-0.2, -0.15) is 0 Å². The standard InChI is InChI=1S/C9H8ClF2NO3/c1-16-9-5(10)2-4(3-6(14)15)7(13-9)8(11)12/h2,8H,3H2,1H3,(H,14,15). The fourth-order valence-corrected chi connectivity index (χ4v) is 1.41. The van der Waals surface area contributed by atoms with Crippen LogP contribution in [0.3, 0.4) is 0 Å². The molecule has 7 heteroatoms. The maximum Gasteiger partial charge on any atom is 0.307 e. The van der Waals surface area contributed by atoms with Gasteiger partial charge in [-0.05, 0) is 11.6 Å². The van der Waals surface area contributed by atoms with E-state index in [4.69, 9.17) is 16.7 Å². The highest BCUT2D eigenvalue weighted by Gasteiger charge is 2.20. The summed E-state index contributed by atoms with van der Waals surface area (Å²) >= 11 is 5.66. The third-order valence-corrected chi connectivity index (χ3v) is 2.07. The second-order valence-corrected chi connectivity index (χ2v) is 3.30. The summed E-state index contributed by atoms with van der Waals surface area (Å²) in [7, 11) is 1.24. The van der Waals surface area contributed by atoms with Gasteiger partial charge in [-0.25, -0.2) is 13.8 Å². The van der Waals surface area contributed by atoms with Crippen molar-refractivity contribution in [3.05, 3.63) is 22.3 Å². The first kappa shape index (κ1) is 12.6. The van der Waals surface area contributed by atoms with Crippen LogP contribution in [0, 0.1) is 0 Å². The SMILES string of the molecule is COc1nc(C(F)F)c(CC(=O)O)cc1Cl. The minimum atomic E-state index is -2.87. The van der Waals surface area contributed by atoms with Gasteiger partial charge in [-0.15, -0.1) is 0 Å². The van der Waals surface area contributed by atoms with E-state index in [2.05, 4.69) is 9.72 Å². The molecule has 0 unspecified atom stereocenters. The minimum absolute atomic E-state index is 0.00292. The van der Waals surface area contributed by atoms with Gasteiger partial charge in [-0.3, -0.25) is 4.79 Å². The molecule has 1 aromatic rings. The van der Waals surface area contributed by atoms with Crippen molar-refractivity contribution < 1.29 is 23.4 Å². The van der Waals surface area contributed by atoms with Gasteiger partial charge in [0, 0.05) is 0 Å². The largest absolute Gasteiger partial charge is 0.481 e. The van der Waals surface area contributed by atoms with Crippen LogP contribution >= 0.6 is 11.6 Å². The average molecular weight is 252 g/mol. The van der Waals surface area contributed by atoms with Crippen LogP contribution in [0.1, 0.15) is 17.7 Å². The molecular formula is C9H8ClF2NO3. The van der Waals surface area contributed by atoms with Crippen LogP contribution in [0.25, 0.3) is 0 Å². The third kappa shape index (κ3) is 2.79. The van der Waals surface area contributed by atoms with Crippen LogP contribution < -0.4 is 4.74 Å². The van der Waals surface area contributed by atoms with Crippen molar-refractivity contribution in [3.8, 4) is 5.88 Å². The molecule has 0 radical (unpaired) electrons. The highest BCUT2D eigenvalue weighted by molar-refractivity contribution is 6.31. The molecule has 88 valence electrons. The molecule has 1 heterocycles. The van der Waals surface area contributed by atoms with Crippen LogP contribution in [0.4, 0.5) is 8.78 Å². The van der Waals surface area contributed by atoms with E-state index < -0.39 is 24.5 Å². The Morgan fingerprint density at radius 3 is 2.75 bits per heavy atom. The first-order valence-corrected chi connectivity index (χ1v) is 4.56. The monoisotopic (exact) mass is 251 g/mol. The van der Waals surface area contributed by atoms with Crippen LogP contribution in [-0.2, 0) is 11.2 Å². The van der Waals surface area contributed by atoms with Gasteiger partial charge < -0.3 is 9.84 Å². The number of aliphatic carboxylic acids is 1. The van der Waals surface area contributed by atoms with E-state index in [9.17, 15) is 13.6 Å². The zero-order chi connectivity index (χ0) is 12.3. The van der Waals surface area contributed by atoms with E-state index >= 15 is 0 Å². The smallest absolute Gasteiger partial charge is 0.307 e. The highest BCUT2D eigenvalue weighted by atomic mass is 35.5. The molecule has 0 saturated heterocycles. The topological polar surface area (TPSA) is 59.4 Å². The zero-order valence-electron chi connectivity index (χ0n) is 8.21. The van der Waals surface area contributed by atoms with Crippen LogP contribution in [-0.4, -0.2) is 23.2 Å². The number of halogens is 3. The van der Waals surface area contributed by atoms with Crippen LogP contribution in [0.5, 0.6) is 5.88 Å². The number of carbonyl (C=O) groups is 1. The Labute approximate surface area is 94.8 Å². The van der Waals surface area contributed by atoms with Gasteiger partial charge in [0.2, 0.25) is 5.88 Å². The molecule has 0 aliphatic rings. The van der Waals surface area contributed by atoms with Gasteiger partial charge >= 0.3 is 5.97 Å². The predicted molar refractivity (Wildman–Crippen MR) is 52.1 cm³/mol. The number of hydrogen-bond acceptors (Lipinski definition) is 3. The number of rotatable bonds is 4. The Hall–Kier alpha value is -1.43. The maximum atomic E-state index is 12.6. The Bertz CT molecular complexity index is 412. The van der Waals surface area contributed by atoms with Crippen molar-refractivity contribution in [1.29, 1.82) is 0 Å². The lowest BCUT2D eigenvalue weighted by Gasteiger charge is -2.09. The quantitative estimate of drug-likeness (QED) is 0.892. The number of hydrogen-bond donors (Lipinski definition) is 1. The highest BCUT2D eigenvalue weighted by Crippen LogP contribution is 2.29. The fraction of sp³-hybridized carbons (Fsp3) is 0.333. The number of methoxy groups -OCH3 is 1. The Morgan fingerprint density at radius 1 is 1.69 bits per heavy atom. The molecule has 0 saturated carbocycles. The molecule has 0 aromatic carbocycles. The van der Waals surface area contributed by atoms with Crippen LogP contribution in [0.2, 0.25) is 5.02 Å². The van der Waals surface area contributed by atoms with Crippen molar-refractivity contribution in [2.45, 2.75) is 12.8 Å². The summed E-state index contributed by atoms with van der Waals surface area (Å²) in [6, 6.07) is 1.13. The van der Waals surface area contributed by atoms with Gasteiger partial charge in [-0.1, -0.05) is 11.6 Å².